The minimum atomic E-state index is -0.355. The molecule has 2 aromatic rings. The van der Waals surface area contributed by atoms with Crippen molar-refractivity contribution in [2.75, 3.05) is 5.84 Å². The molecular formula is C7H5BrN4O. The maximum Gasteiger partial charge on any atom is 0.296 e. The van der Waals surface area contributed by atoms with Crippen molar-refractivity contribution in [1.82, 2.24) is 15.1 Å². The smallest absolute Gasteiger partial charge is 0.296 e. The molecule has 0 fully saturated rings. The summed E-state index contributed by atoms with van der Waals surface area (Å²) in [4.78, 5) is 12.1. The Morgan fingerprint density at radius 3 is 3.00 bits per heavy atom. The standard InChI is InChI=1S/C7H5BrN4O/c8-4-1-2-6-5(3-4)7(13)12(9)11-10-6/h1-3H,9H2. The number of benzene rings is 1. The third-order valence-electron chi connectivity index (χ3n) is 1.65. The van der Waals surface area contributed by atoms with Crippen LogP contribution in [0.1, 0.15) is 0 Å². The second-order valence-electron chi connectivity index (χ2n) is 2.50. The molecule has 0 saturated heterocycles. The third-order valence-corrected chi connectivity index (χ3v) is 2.14. The molecule has 5 nitrogen and oxygen atoms in total. The van der Waals surface area contributed by atoms with Crippen molar-refractivity contribution in [3.63, 3.8) is 0 Å². The summed E-state index contributed by atoms with van der Waals surface area (Å²) in [5, 5.41) is 7.65. The molecule has 0 unspecified atom stereocenters. The predicted octanol–water partition coefficient (Wildman–Crippen LogP) is 0.268. The summed E-state index contributed by atoms with van der Waals surface area (Å²) in [6.45, 7) is 0. The van der Waals surface area contributed by atoms with Crippen molar-refractivity contribution in [3.8, 4) is 0 Å². The van der Waals surface area contributed by atoms with E-state index in [-0.39, 0.29) is 5.56 Å². The molecule has 6 heteroatoms. The molecule has 66 valence electrons. The summed E-state index contributed by atoms with van der Waals surface area (Å²) in [6.07, 6.45) is 0. The van der Waals surface area contributed by atoms with Crippen molar-refractivity contribution in [1.29, 1.82) is 0 Å². The molecule has 2 N–H and O–H groups in total. The number of nitrogen functional groups attached to an aromatic ring is 1. The van der Waals surface area contributed by atoms with Crippen LogP contribution in [-0.2, 0) is 0 Å². The minimum absolute atomic E-state index is 0.355. The molecule has 0 aliphatic rings. The molecule has 0 bridgehead atoms. The van der Waals surface area contributed by atoms with E-state index in [2.05, 4.69) is 26.2 Å². The van der Waals surface area contributed by atoms with Crippen LogP contribution in [-0.4, -0.2) is 15.1 Å². The van der Waals surface area contributed by atoms with Crippen LogP contribution in [0.3, 0.4) is 0 Å². The van der Waals surface area contributed by atoms with Gasteiger partial charge in [0.25, 0.3) is 5.56 Å². The summed E-state index contributed by atoms with van der Waals surface area (Å²) in [6, 6.07) is 5.15. The highest BCUT2D eigenvalue weighted by Gasteiger charge is 2.02. The van der Waals surface area contributed by atoms with Crippen LogP contribution in [0.25, 0.3) is 10.9 Å². The number of hydrogen-bond acceptors (Lipinski definition) is 4. The van der Waals surface area contributed by atoms with Gasteiger partial charge in [-0.15, -0.1) is 9.89 Å². The monoisotopic (exact) mass is 240 g/mol. The fourth-order valence-electron chi connectivity index (χ4n) is 1.03. The number of nitrogens with two attached hydrogens (primary N) is 1. The number of rotatable bonds is 0. The lowest BCUT2D eigenvalue weighted by Gasteiger charge is -1.97. The van der Waals surface area contributed by atoms with Crippen molar-refractivity contribution in [3.05, 3.63) is 33.0 Å². The molecule has 0 atom stereocenters. The highest BCUT2D eigenvalue weighted by Crippen LogP contribution is 2.13. The summed E-state index contributed by atoms with van der Waals surface area (Å²) in [5.41, 5.74) is 0.182. The fraction of sp³-hybridized carbons (Fsp3) is 0. The van der Waals surface area contributed by atoms with E-state index in [1.54, 1.807) is 18.2 Å². The van der Waals surface area contributed by atoms with E-state index in [0.717, 1.165) is 9.26 Å². The second-order valence-corrected chi connectivity index (χ2v) is 3.42. The van der Waals surface area contributed by atoms with Gasteiger partial charge in [-0.1, -0.05) is 15.9 Å². The Labute approximate surface area is 81.3 Å². The summed E-state index contributed by atoms with van der Waals surface area (Å²) >= 11 is 3.25. The molecular weight excluding hydrogens is 236 g/mol. The van der Waals surface area contributed by atoms with Gasteiger partial charge in [-0.25, -0.2) is 0 Å². The zero-order valence-corrected chi connectivity index (χ0v) is 8.02. The van der Waals surface area contributed by atoms with Crippen molar-refractivity contribution in [2.45, 2.75) is 0 Å². The molecule has 1 heterocycles. The Morgan fingerprint density at radius 2 is 2.23 bits per heavy atom. The van der Waals surface area contributed by atoms with Gasteiger partial charge in [-0.2, -0.15) is 0 Å². The maximum atomic E-state index is 11.4. The molecule has 0 spiro atoms. The van der Waals surface area contributed by atoms with Crippen LogP contribution >= 0.6 is 15.9 Å². The molecule has 2 rings (SSSR count). The first-order chi connectivity index (χ1) is 6.18. The number of fused-ring (bicyclic) bond motifs is 1. The zero-order valence-electron chi connectivity index (χ0n) is 6.44. The highest BCUT2D eigenvalue weighted by molar-refractivity contribution is 9.10. The van der Waals surface area contributed by atoms with E-state index in [1.165, 1.54) is 0 Å². The maximum absolute atomic E-state index is 11.4. The molecule has 13 heavy (non-hydrogen) atoms. The number of hydrogen-bond donors (Lipinski definition) is 1. The van der Waals surface area contributed by atoms with E-state index >= 15 is 0 Å². The van der Waals surface area contributed by atoms with Gasteiger partial charge in [-0.05, 0) is 23.4 Å². The van der Waals surface area contributed by atoms with E-state index in [9.17, 15) is 4.79 Å². The van der Waals surface area contributed by atoms with Crippen molar-refractivity contribution >= 4 is 26.8 Å². The van der Waals surface area contributed by atoms with Gasteiger partial charge in [0.05, 0.1) is 5.39 Å². The van der Waals surface area contributed by atoms with E-state index < -0.39 is 0 Å². The van der Waals surface area contributed by atoms with Crippen molar-refractivity contribution in [2.24, 2.45) is 0 Å². The Bertz CT molecular complexity index is 516. The topological polar surface area (TPSA) is 73.8 Å². The number of aromatic nitrogens is 3. The van der Waals surface area contributed by atoms with Gasteiger partial charge in [0.2, 0.25) is 0 Å². The lowest BCUT2D eigenvalue weighted by Crippen LogP contribution is -2.30. The van der Waals surface area contributed by atoms with E-state index in [1.807, 2.05) is 0 Å². The van der Waals surface area contributed by atoms with Crippen LogP contribution in [0.5, 0.6) is 0 Å². The molecule has 0 aliphatic carbocycles. The number of nitrogens with zero attached hydrogens (tertiary/aromatic N) is 3. The van der Waals surface area contributed by atoms with Crippen LogP contribution in [0, 0.1) is 0 Å². The molecule has 0 amide bonds. The lowest BCUT2D eigenvalue weighted by molar-refractivity contribution is 0.702. The first-order valence-corrected chi connectivity index (χ1v) is 4.28. The Balaban J connectivity index is 2.97. The summed E-state index contributed by atoms with van der Waals surface area (Å²) in [7, 11) is 0. The Morgan fingerprint density at radius 1 is 1.46 bits per heavy atom. The fourth-order valence-corrected chi connectivity index (χ4v) is 1.39. The van der Waals surface area contributed by atoms with Gasteiger partial charge in [0.1, 0.15) is 5.52 Å². The molecule has 0 aliphatic heterocycles. The Kier molecular flexibility index (Phi) is 1.77. The lowest BCUT2D eigenvalue weighted by atomic mass is 10.2. The Hall–Kier alpha value is -1.43. The van der Waals surface area contributed by atoms with Crippen LogP contribution in [0.4, 0.5) is 0 Å². The van der Waals surface area contributed by atoms with Crippen LogP contribution in [0.2, 0.25) is 0 Å². The van der Waals surface area contributed by atoms with Crippen LogP contribution in [0.15, 0.2) is 27.5 Å². The summed E-state index contributed by atoms with van der Waals surface area (Å²) < 4.78 is 0.810. The van der Waals surface area contributed by atoms with Gasteiger partial charge in [0, 0.05) is 4.47 Å². The van der Waals surface area contributed by atoms with Gasteiger partial charge < -0.3 is 5.84 Å². The first-order valence-electron chi connectivity index (χ1n) is 3.49. The number of halogens is 1. The van der Waals surface area contributed by atoms with Crippen molar-refractivity contribution < 1.29 is 0 Å². The van der Waals surface area contributed by atoms with E-state index in [4.69, 9.17) is 5.84 Å². The first kappa shape index (κ1) is 8.18. The highest BCUT2D eigenvalue weighted by atomic mass is 79.9. The summed E-state index contributed by atoms with van der Waals surface area (Å²) in [5.74, 6) is 5.25. The molecule has 0 saturated carbocycles. The van der Waals surface area contributed by atoms with E-state index in [0.29, 0.717) is 10.9 Å². The quantitative estimate of drug-likeness (QED) is 0.671. The van der Waals surface area contributed by atoms with Gasteiger partial charge >= 0.3 is 0 Å². The molecule has 1 aromatic carbocycles. The normalized spacial score (nSPS) is 10.5. The third kappa shape index (κ3) is 1.29. The van der Waals surface area contributed by atoms with Gasteiger partial charge in [-0.3, -0.25) is 4.79 Å². The molecule has 1 aromatic heterocycles. The minimum Gasteiger partial charge on any atom is -0.318 e. The average molecular weight is 241 g/mol. The second kappa shape index (κ2) is 2.81. The average Bonchev–Trinajstić information content (AvgIpc) is 2.12. The van der Waals surface area contributed by atoms with Gasteiger partial charge in [0.15, 0.2) is 0 Å². The largest absolute Gasteiger partial charge is 0.318 e. The predicted molar refractivity (Wildman–Crippen MR) is 51.6 cm³/mol. The zero-order chi connectivity index (χ0) is 9.42. The molecule has 0 radical (unpaired) electrons. The SMILES string of the molecule is Nn1nnc2ccc(Br)cc2c1=O. The van der Waals surface area contributed by atoms with Crippen LogP contribution < -0.4 is 11.4 Å².